The minimum absolute atomic E-state index is 0.0543. The molecule has 0 aliphatic rings. The molecule has 3 rings (SSSR count). The van der Waals surface area contributed by atoms with Crippen molar-refractivity contribution >= 4 is 34.4 Å². The van der Waals surface area contributed by atoms with Gasteiger partial charge in [0.15, 0.2) is 11.6 Å². The number of amides is 1. The zero-order valence-corrected chi connectivity index (χ0v) is 12.7. The Balaban J connectivity index is 2.19. The lowest BCUT2D eigenvalue weighted by molar-refractivity contribution is -0.170. The molecule has 0 aliphatic heterocycles. The lowest BCUT2D eigenvalue weighted by atomic mass is 10.3. The molecule has 24 heavy (non-hydrogen) atoms. The number of anilines is 1. The van der Waals surface area contributed by atoms with Crippen LogP contribution in [0, 0.1) is 0 Å². The van der Waals surface area contributed by atoms with E-state index in [0.717, 1.165) is 7.05 Å². The van der Waals surface area contributed by atoms with Gasteiger partial charge in [0, 0.05) is 25.5 Å². The first-order valence-electron chi connectivity index (χ1n) is 6.46. The van der Waals surface area contributed by atoms with Crippen LogP contribution in [0.5, 0.6) is 0 Å². The van der Waals surface area contributed by atoms with Crippen molar-refractivity contribution in [3.8, 4) is 5.82 Å². The molecule has 0 fully saturated rings. The Morgan fingerprint density at radius 3 is 2.67 bits per heavy atom. The van der Waals surface area contributed by atoms with E-state index in [9.17, 15) is 18.0 Å². The van der Waals surface area contributed by atoms with Gasteiger partial charge in [-0.2, -0.15) is 18.2 Å². The molecule has 0 aromatic carbocycles. The first-order chi connectivity index (χ1) is 11.3. The van der Waals surface area contributed by atoms with Crippen LogP contribution in [0.15, 0.2) is 30.6 Å². The number of carbonyl (C=O) groups excluding carboxylic acids is 1. The van der Waals surface area contributed by atoms with Crippen LogP contribution in [0.1, 0.15) is 0 Å². The van der Waals surface area contributed by atoms with Gasteiger partial charge in [-0.05, 0) is 23.7 Å². The monoisotopic (exact) mass is 356 g/mol. The van der Waals surface area contributed by atoms with Crippen molar-refractivity contribution in [3.05, 3.63) is 35.9 Å². The van der Waals surface area contributed by atoms with Crippen LogP contribution in [-0.4, -0.2) is 43.9 Å². The predicted molar refractivity (Wildman–Crippen MR) is 78.9 cm³/mol. The average molecular weight is 357 g/mol. The molecule has 7 nitrogen and oxygen atoms in total. The Morgan fingerprint density at radius 1 is 1.25 bits per heavy atom. The summed E-state index contributed by atoms with van der Waals surface area (Å²) in [5, 5.41) is 3.99. The largest absolute Gasteiger partial charge is 0.471 e. The number of pyridine rings is 1. The minimum Gasteiger partial charge on any atom is -0.289 e. The average Bonchev–Trinajstić information content (AvgIpc) is 2.92. The van der Waals surface area contributed by atoms with Crippen LogP contribution in [-0.2, 0) is 4.79 Å². The molecule has 0 unspecified atom stereocenters. The third-order valence-corrected chi connectivity index (χ3v) is 3.30. The van der Waals surface area contributed by atoms with Crippen molar-refractivity contribution in [2.24, 2.45) is 0 Å². The highest BCUT2D eigenvalue weighted by Crippen LogP contribution is 2.28. The van der Waals surface area contributed by atoms with Crippen molar-refractivity contribution in [1.29, 1.82) is 0 Å². The van der Waals surface area contributed by atoms with Gasteiger partial charge >= 0.3 is 12.1 Å². The number of alkyl halides is 3. The topological polar surface area (TPSA) is 76.8 Å². The second-order valence-corrected chi connectivity index (χ2v) is 4.99. The van der Waals surface area contributed by atoms with E-state index in [1.807, 2.05) is 0 Å². The molecule has 0 saturated carbocycles. The fourth-order valence-corrected chi connectivity index (χ4v) is 2.21. The first-order valence-corrected chi connectivity index (χ1v) is 6.84. The van der Waals surface area contributed by atoms with Gasteiger partial charge in [0.05, 0.1) is 5.52 Å². The van der Waals surface area contributed by atoms with Crippen LogP contribution in [0.4, 0.5) is 19.0 Å². The molecular weight excluding hydrogens is 349 g/mol. The zero-order chi connectivity index (χ0) is 17.5. The maximum Gasteiger partial charge on any atom is 0.471 e. The number of carbonyl (C=O) groups is 1. The van der Waals surface area contributed by atoms with Crippen molar-refractivity contribution in [2.75, 3.05) is 11.9 Å². The third-order valence-electron chi connectivity index (χ3n) is 3.11. The summed E-state index contributed by atoms with van der Waals surface area (Å²) in [4.78, 5) is 23.6. The van der Waals surface area contributed by atoms with Crippen LogP contribution in [0.2, 0.25) is 5.28 Å². The molecule has 3 aromatic rings. The molecule has 0 bridgehead atoms. The number of fused-ring (bicyclic) bond motifs is 1. The summed E-state index contributed by atoms with van der Waals surface area (Å²) in [6.45, 7) is 0. The molecule has 1 amide bonds. The molecule has 0 aliphatic carbocycles. The van der Waals surface area contributed by atoms with Gasteiger partial charge in [-0.1, -0.05) is 0 Å². The molecule has 0 atom stereocenters. The Bertz CT molecular complexity index is 925. The van der Waals surface area contributed by atoms with Crippen LogP contribution >= 0.6 is 11.6 Å². The smallest absolute Gasteiger partial charge is 0.289 e. The summed E-state index contributed by atoms with van der Waals surface area (Å²) in [6, 6.07) is 4.64. The van der Waals surface area contributed by atoms with E-state index in [1.165, 1.54) is 23.1 Å². The van der Waals surface area contributed by atoms with Crippen molar-refractivity contribution in [1.82, 2.24) is 24.7 Å². The summed E-state index contributed by atoms with van der Waals surface area (Å²) in [6.07, 6.45) is -2.27. The summed E-state index contributed by atoms with van der Waals surface area (Å²) < 4.78 is 39.3. The van der Waals surface area contributed by atoms with Crippen LogP contribution in [0.25, 0.3) is 16.9 Å². The number of aromatic nitrogens is 5. The van der Waals surface area contributed by atoms with E-state index in [0.29, 0.717) is 10.4 Å². The summed E-state index contributed by atoms with van der Waals surface area (Å²) in [5.41, 5.74) is 0.483. The second-order valence-electron chi connectivity index (χ2n) is 4.65. The quantitative estimate of drug-likeness (QED) is 0.659. The van der Waals surface area contributed by atoms with Gasteiger partial charge in [-0.3, -0.25) is 14.7 Å². The Kier molecular flexibility index (Phi) is 3.84. The highest BCUT2D eigenvalue weighted by atomic mass is 35.5. The lowest BCUT2D eigenvalue weighted by Crippen LogP contribution is -2.38. The van der Waals surface area contributed by atoms with Gasteiger partial charge < -0.3 is 0 Å². The molecule has 124 valence electrons. The van der Waals surface area contributed by atoms with Crippen LogP contribution < -0.4 is 4.90 Å². The number of hydrogen-bond donors (Lipinski definition) is 0. The van der Waals surface area contributed by atoms with Gasteiger partial charge in [-0.15, -0.1) is 5.10 Å². The standard InChI is InChI=1S/C13H8ClF3N6O/c1-22(11(24)13(15,16)17)10-9-7(3-2-5-18-9)23(21-10)8-4-6-19-12(14)20-8/h2-6H,1H3. The Morgan fingerprint density at radius 2 is 2.00 bits per heavy atom. The summed E-state index contributed by atoms with van der Waals surface area (Å²) >= 11 is 5.73. The maximum atomic E-state index is 12.7. The van der Waals surface area contributed by atoms with Gasteiger partial charge in [-0.25, -0.2) is 9.67 Å². The molecule has 11 heteroatoms. The first kappa shape index (κ1) is 16.1. The normalized spacial score (nSPS) is 11.7. The van der Waals surface area contributed by atoms with Crippen molar-refractivity contribution in [2.45, 2.75) is 6.18 Å². The minimum atomic E-state index is -5.03. The fourth-order valence-electron chi connectivity index (χ4n) is 2.07. The van der Waals surface area contributed by atoms with E-state index >= 15 is 0 Å². The molecular formula is C13H8ClF3N6O. The molecule has 0 N–H and O–H groups in total. The fraction of sp³-hybridized carbons (Fsp3) is 0.154. The third kappa shape index (κ3) is 2.75. The number of nitrogens with zero attached hydrogens (tertiary/aromatic N) is 6. The van der Waals surface area contributed by atoms with E-state index in [2.05, 4.69) is 20.1 Å². The predicted octanol–water partition coefficient (Wildman–Crippen LogP) is 2.39. The molecule has 0 spiro atoms. The van der Waals surface area contributed by atoms with E-state index in [-0.39, 0.29) is 22.4 Å². The van der Waals surface area contributed by atoms with Gasteiger partial charge in [0.2, 0.25) is 5.28 Å². The summed E-state index contributed by atoms with van der Waals surface area (Å²) in [7, 11) is 0.976. The van der Waals surface area contributed by atoms with Crippen LogP contribution in [0.3, 0.4) is 0 Å². The van der Waals surface area contributed by atoms with Crippen molar-refractivity contribution < 1.29 is 18.0 Å². The molecule has 3 aromatic heterocycles. The lowest BCUT2D eigenvalue weighted by Gasteiger charge is -2.15. The summed E-state index contributed by atoms with van der Waals surface area (Å²) in [5.74, 6) is -2.07. The highest BCUT2D eigenvalue weighted by Gasteiger charge is 2.43. The zero-order valence-electron chi connectivity index (χ0n) is 12.0. The Labute approximate surface area is 137 Å². The number of halogens is 4. The number of rotatable bonds is 2. The van der Waals surface area contributed by atoms with Gasteiger partial charge in [0.1, 0.15) is 5.52 Å². The van der Waals surface area contributed by atoms with E-state index < -0.39 is 12.1 Å². The van der Waals surface area contributed by atoms with E-state index in [4.69, 9.17) is 11.6 Å². The van der Waals surface area contributed by atoms with E-state index in [1.54, 1.807) is 12.1 Å². The van der Waals surface area contributed by atoms with Crippen molar-refractivity contribution in [3.63, 3.8) is 0 Å². The Hall–Kier alpha value is -2.75. The number of hydrogen-bond acceptors (Lipinski definition) is 5. The second kappa shape index (κ2) is 5.71. The SMILES string of the molecule is CN(C(=O)C(F)(F)F)c1nn(-c2ccnc(Cl)n2)c2cccnc12. The maximum absolute atomic E-state index is 12.7. The molecule has 0 saturated heterocycles. The molecule has 3 heterocycles. The van der Waals surface area contributed by atoms with Gasteiger partial charge in [0.25, 0.3) is 0 Å². The molecule has 0 radical (unpaired) electrons. The highest BCUT2D eigenvalue weighted by molar-refractivity contribution is 6.28.